The molecule has 170 valence electrons. The van der Waals surface area contributed by atoms with Crippen molar-refractivity contribution in [3.8, 4) is 11.6 Å². The van der Waals surface area contributed by atoms with E-state index in [4.69, 9.17) is 28.6 Å². The van der Waals surface area contributed by atoms with Crippen LogP contribution >= 0.6 is 35.6 Å². The van der Waals surface area contributed by atoms with Crippen molar-refractivity contribution in [1.29, 1.82) is 0 Å². The third-order valence-corrected chi connectivity index (χ3v) is 6.78. The molecule has 1 aliphatic heterocycles. The Balaban J connectivity index is 1.71. The number of fused-ring (bicyclic) bond motifs is 1. The molecular formula is C24H22ClN3O3S2. The average molecular weight is 500 g/mol. The molecule has 2 aromatic heterocycles. The Hall–Kier alpha value is -2.68. The molecule has 0 radical (unpaired) electrons. The van der Waals surface area contributed by atoms with Gasteiger partial charge in [0.15, 0.2) is 0 Å². The zero-order chi connectivity index (χ0) is 23.4. The summed E-state index contributed by atoms with van der Waals surface area (Å²) < 4.78 is 7.87. The van der Waals surface area contributed by atoms with Gasteiger partial charge in [0.1, 0.15) is 21.3 Å². The molecule has 0 spiro atoms. The van der Waals surface area contributed by atoms with Gasteiger partial charge in [0.05, 0.1) is 4.91 Å². The largest absolute Gasteiger partial charge is 0.438 e. The van der Waals surface area contributed by atoms with Crippen molar-refractivity contribution in [2.24, 2.45) is 0 Å². The molecule has 0 N–H and O–H groups in total. The topological polar surface area (TPSA) is 63.9 Å². The number of thiocarbonyl (C=S) groups is 1. The summed E-state index contributed by atoms with van der Waals surface area (Å²) in [5.41, 5.74) is 0.282. The first-order chi connectivity index (χ1) is 16.0. The average Bonchev–Trinajstić information content (AvgIpc) is 3.08. The van der Waals surface area contributed by atoms with Gasteiger partial charge in [-0.25, -0.2) is 0 Å². The third kappa shape index (κ3) is 5.29. The van der Waals surface area contributed by atoms with E-state index >= 15 is 0 Å². The number of unbranched alkanes of at least 4 members (excludes halogenated alkanes) is 3. The van der Waals surface area contributed by atoms with Crippen LogP contribution in [-0.4, -0.2) is 31.1 Å². The molecule has 0 saturated carbocycles. The van der Waals surface area contributed by atoms with E-state index in [0.717, 1.165) is 25.7 Å². The van der Waals surface area contributed by atoms with E-state index in [0.29, 0.717) is 32.2 Å². The Bertz CT molecular complexity index is 1290. The van der Waals surface area contributed by atoms with E-state index in [-0.39, 0.29) is 22.9 Å². The molecule has 1 amide bonds. The van der Waals surface area contributed by atoms with Gasteiger partial charge in [0, 0.05) is 17.8 Å². The minimum Gasteiger partial charge on any atom is -0.438 e. The minimum atomic E-state index is -0.335. The van der Waals surface area contributed by atoms with Gasteiger partial charge >= 0.3 is 0 Å². The Morgan fingerprint density at radius 1 is 1.12 bits per heavy atom. The lowest BCUT2D eigenvalue weighted by molar-refractivity contribution is -0.122. The first-order valence-corrected chi connectivity index (χ1v) is 12.3. The van der Waals surface area contributed by atoms with Crippen LogP contribution in [0.2, 0.25) is 5.02 Å². The highest BCUT2D eigenvalue weighted by Gasteiger charge is 2.32. The molecular weight excluding hydrogens is 478 g/mol. The summed E-state index contributed by atoms with van der Waals surface area (Å²) in [5.74, 6) is 0.392. The highest BCUT2D eigenvalue weighted by Crippen LogP contribution is 2.34. The molecule has 3 aromatic rings. The summed E-state index contributed by atoms with van der Waals surface area (Å²) in [6.45, 7) is 2.72. The second-order valence-electron chi connectivity index (χ2n) is 7.51. The number of hydrogen-bond acceptors (Lipinski definition) is 6. The van der Waals surface area contributed by atoms with Crippen LogP contribution in [0.5, 0.6) is 11.6 Å². The second-order valence-corrected chi connectivity index (χ2v) is 9.63. The molecule has 9 heteroatoms. The number of amides is 1. The fourth-order valence-corrected chi connectivity index (χ4v) is 4.83. The van der Waals surface area contributed by atoms with Gasteiger partial charge in [0.2, 0.25) is 5.88 Å². The SMILES string of the molecule is CCCCCCN1C(=O)/C(=C/c2c(Oc3ccc(Cl)cc3)nc3ccccn3c2=O)SC1=S. The normalized spacial score (nSPS) is 15.1. The van der Waals surface area contributed by atoms with Crippen LogP contribution in [0.4, 0.5) is 0 Å². The van der Waals surface area contributed by atoms with Crippen molar-refractivity contribution in [1.82, 2.24) is 14.3 Å². The maximum atomic E-state index is 13.3. The number of rotatable bonds is 8. The number of nitrogens with zero attached hydrogens (tertiary/aromatic N) is 3. The third-order valence-electron chi connectivity index (χ3n) is 5.15. The maximum Gasteiger partial charge on any atom is 0.269 e. The number of carbonyl (C=O) groups excluding carboxylic acids is 1. The fourth-order valence-electron chi connectivity index (χ4n) is 3.42. The molecule has 0 aliphatic carbocycles. The lowest BCUT2D eigenvalue weighted by atomic mass is 10.2. The predicted octanol–water partition coefficient (Wildman–Crippen LogP) is 5.92. The number of hydrogen-bond donors (Lipinski definition) is 0. The Labute approximate surface area is 206 Å². The monoisotopic (exact) mass is 499 g/mol. The molecule has 6 nitrogen and oxygen atoms in total. The van der Waals surface area contributed by atoms with Gasteiger partial charge in [-0.05, 0) is 48.9 Å². The van der Waals surface area contributed by atoms with Gasteiger partial charge in [-0.1, -0.05) is 67.8 Å². The maximum absolute atomic E-state index is 13.3. The highest BCUT2D eigenvalue weighted by molar-refractivity contribution is 8.26. The minimum absolute atomic E-state index is 0.113. The number of carbonyl (C=O) groups is 1. The zero-order valence-corrected chi connectivity index (χ0v) is 20.4. The van der Waals surface area contributed by atoms with Crippen molar-refractivity contribution in [2.45, 2.75) is 32.6 Å². The molecule has 4 rings (SSSR count). The molecule has 1 saturated heterocycles. The van der Waals surface area contributed by atoms with Crippen molar-refractivity contribution in [3.05, 3.63) is 74.5 Å². The molecule has 1 aromatic carbocycles. The standard InChI is InChI=1S/C24H22ClN3O3S2/c1-2-3-4-6-14-28-23(30)19(33-24(28)32)15-18-21(31-17-11-9-16(25)10-12-17)26-20-8-5-7-13-27(20)22(18)29/h5,7-13,15H,2-4,6,14H2,1H3/b19-15-. The fraction of sp³-hybridized carbons (Fsp3) is 0.250. The van der Waals surface area contributed by atoms with E-state index in [1.54, 1.807) is 53.6 Å². The molecule has 33 heavy (non-hydrogen) atoms. The van der Waals surface area contributed by atoms with Crippen LogP contribution < -0.4 is 10.3 Å². The van der Waals surface area contributed by atoms with E-state index in [1.165, 1.54) is 22.2 Å². The predicted molar refractivity (Wildman–Crippen MR) is 137 cm³/mol. The van der Waals surface area contributed by atoms with Crippen LogP contribution in [0.1, 0.15) is 38.2 Å². The van der Waals surface area contributed by atoms with E-state index in [2.05, 4.69) is 11.9 Å². The number of aromatic nitrogens is 2. The van der Waals surface area contributed by atoms with Gasteiger partial charge < -0.3 is 4.74 Å². The number of pyridine rings is 1. The molecule has 1 aliphatic rings. The Morgan fingerprint density at radius 3 is 2.67 bits per heavy atom. The summed E-state index contributed by atoms with van der Waals surface area (Å²) in [7, 11) is 0. The van der Waals surface area contributed by atoms with Crippen molar-refractivity contribution in [3.63, 3.8) is 0 Å². The molecule has 0 unspecified atom stereocenters. The van der Waals surface area contributed by atoms with Crippen molar-refractivity contribution < 1.29 is 9.53 Å². The Morgan fingerprint density at radius 2 is 1.91 bits per heavy atom. The summed E-state index contributed by atoms with van der Waals surface area (Å²) in [4.78, 5) is 32.8. The quantitative estimate of drug-likeness (QED) is 0.218. The molecule has 0 atom stereocenters. The first-order valence-electron chi connectivity index (χ1n) is 10.7. The van der Waals surface area contributed by atoms with Gasteiger partial charge in [-0.2, -0.15) is 4.98 Å². The van der Waals surface area contributed by atoms with Crippen LogP contribution in [0.3, 0.4) is 0 Å². The van der Waals surface area contributed by atoms with Gasteiger partial charge in [-0.15, -0.1) is 0 Å². The van der Waals surface area contributed by atoms with Crippen LogP contribution in [-0.2, 0) is 4.79 Å². The zero-order valence-electron chi connectivity index (χ0n) is 18.0. The van der Waals surface area contributed by atoms with Crippen molar-refractivity contribution >= 4 is 57.5 Å². The first kappa shape index (κ1) is 23.5. The van der Waals surface area contributed by atoms with Gasteiger partial charge in [0.25, 0.3) is 11.5 Å². The van der Waals surface area contributed by atoms with Crippen LogP contribution in [0.15, 0.2) is 58.4 Å². The highest BCUT2D eigenvalue weighted by atomic mass is 35.5. The van der Waals surface area contributed by atoms with Crippen LogP contribution in [0, 0.1) is 0 Å². The number of ether oxygens (including phenoxy) is 1. The van der Waals surface area contributed by atoms with Crippen molar-refractivity contribution in [2.75, 3.05) is 6.54 Å². The van der Waals surface area contributed by atoms with E-state index in [9.17, 15) is 9.59 Å². The molecule has 1 fully saturated rings. The Kier molecular flexibility index (Phi) is 7.47. The summed E-state index contributed by atoms with van der Waals surface area (Å²) in [6, 6.07) is 12.0. The number of benzene rings is 1. The number of thioether (sulfide) groups is 1. The molecule has 3 heterocycles. The molecule has 0 bridgehead atoms. The second kappa shape index (κ2) is 10.5. The van der Waals surface area contributed by atoms with Gasteiger partial charge in [-0.3, -0.25) is 18.9 Å². The van der Waals surface area contributed by atoms with E-state index < -0.39 is 0 Å². The smallest absolute Gasteiger partial charge is 0.269 e. The number of halogens is 1. The summed E-state index contributed by atoms with van der Waals surface area (Å²) in [5, 5.41) is 0.566. The van der Waals surface area contributed by atoms with Crippen LogP contribution in [0.25, 0.3) is 11.7 Å². The lowest BCUT2D eigenvalue weighted by Crippen LogP contribution is -2.29. The lowest BCUT2D eigenvalue weighted by Gasteiger charge is -2.14. The summed E-state index contributed by atoms with van der Waals surface area (Å²) >= 11 is 12.6. The van der Waals surface area contributed by atoms with E-state index in [1.807, 2.05) is 0 Å². The summed E-state index contributed by atoms with van der Waals surface area (Å²) in [6.07, 6.45) is 7.34.